The van der Waals surface area contributed by atoms with Crippen LogP contribution in [0.3, 0.4) is 0 Å². The standard InChI is InChI=1S/C23H33N5O2.C2HF3O2/c1-2-26-16-19-22(5-6-23(19,17-26)21(30)28-11-3-4-12-28)7-13-27(14-8-22)20(29)18-15-24-9-10-25-18;3-2(4,5)1(6)7/h9-10,15,19H,2-8,11-14,16-17H2,1H3;(H,6,7)/t19-,23+;/m0./s1. The monoisotopic (exact) mass is 525 g/mol. The van der Waals surface area contributed by atoms with Crippen LogP contribution in [0.5, 0.6) is 0 Å². The first-order valence-electron chi connectivity index (χ1n) is 12.9. The zero-order valence-electron chi connectivity index (χ0n) is 21.0. The van der Waals surface area contributed by atoms with Crippen LogP contribution in [0, 0.1) is 16.7 Å². The normalized spacial score (nSPS) is 27.1. The van der Waals surface area contributed by atoms with Crippen LogP contribution >= 0.6 is 0 Å². The van der Waals surface area contributed by atoms with Crippen molar-refractivity contribution in [3.05, 3.63) is 24.3 Å². The Morgan fingerprint density at radius 1 is 1.03 bits per heavy atom. The lowest BCUT2D eigenvalue weighted by molar-refractivity contribution is -0.192. The van der Waals surface area contributed by atoms with E-state index in [-0.39, 0.29) is 16.7 Å². The first kappa shape index (κ1) is 27.3. The van der Waals surface area contributed by atoms with Crippen molar-refractivity contribution in [1.29, 1.82) is 0 Å². The number of carboxylic acid groups (broad SMARTS) is 1. The Balaban J connectivity index is 0.000000405. The van der Waals surface area contributed by atoms with Gasteiger partial charge in [-0.15, -0.1) is 0 Å². The molecule has 1 aromatic rings. The summed E-state index contributed by atoms with van der Waals surface area (Å²) in [5, 5.41) is 7.12. The molecule has 3 aliphatic heterocycles. The van der Waals surface area contributed by atoms with Gasteiger partial charge in [0, 0.05) is 51.7 Å². The highest BCUT2D eigenvalue weighted by atomic mass is 19.4. The zero-order chi connectivity index (χ0) is 26.8. The molecular weight excluding hydrogens is 491 g/mol. The fraction of sp³-hybridized carbons (Fsp3) is 0.720. The topological polar surface area (TPSA) is 107 Å². The Morgan fingerprint density at radius 2 is 1.68 bits per heavy atom. The molecule has 4 fully saturated rings. The quantitative estimate of drug-likeness (QED) is 0.647. The highest BCUT2D eigenvalue weighted by molar-refractivity contribution is 5.92. The van der Waals surface area contributed by atoms with Crippen LogP contribution in [0.15, 0.2) is 18.6 Å². The van der Waals surface area contributed by atoms with E-state index in [1.54, 1.807) is 18.6 Å². The fourth-order valence-electron chi connectivity index (χ4n) is 6.81. The Kier molecular flexibility index (Phi) is 7.77. The molecule has 1 aliphatic carbocycles. The number of aliphatic carboxylic acids is 1. The molecule has 37 heavy (non-hydrogen) atoms. The molecule has 0 aromatic carbocycles. The number of amides is 2. The van der Waals surface area contributed by atoms with E-state index in [0.29, 0.717) is 17.5 Å². The van der Waals surface area contributed by atoms with Crippen molar-refractivity contribution in [2.24, 2.45) is 16.7 Å². The number of piperidine rings is 1. The van der Waals surface area contributed by atoms with E-state index < -0.39 is 12.1 Å². The number of nitrogens with zero attached hydrogens (tertiary/aromatic N) is 5. The number of fused-ring (bicyclic) bond motifs is 2. The van der Waals surface area contributed by atoms with Gasteiger partial charge in [-0.2, -0.15) is 13.2 Å². The summed E-state index contributed by atoms with van der Waals surface area (Å²) >= 11 is 0. The highest BCUT2D eigenvalue weighted by Gasteiger charge is 2.64. The summed E-state index contributed by atoms with van der Waals surface area (Å²) in [6.07, 6.45) is 6.07. The van der Waals surface area contributed by atoms with E-state index in [4.69, 9.17) is 9.90 Å². The summed E-state index contributed by atoms with van der Waals surface area (Å²) in [6.45, 7) is 8.57. The maximum atomic E-state index is 13.7. The lowest BCUT2D eigenvalue weighted by Gasteiger charge is -2.44. The Labute approximate surface area is 214 Å². The maximum absolute atomic E-state index is 13.7. The van der Waals surface area contributed by atoms with Crippen molar-refractivity contribution in [2.75, 3.05) is 45.8 Å². The number of carbonyl (C=O) groups is 3. The molecule has 204 valence electrons. The van der Waals surface area contributed by atoms with Gasteiger partial charge in [0.15, 0.2) is 0 Å². The summed E-state index contributed by atoms with van der Waals surface area (Å²) in [5.41, 5.74) is 0.423. The van der Waals surface area contributed by atoms with Crippen molar-refractivity contribution < 1.29 is 32.7 Å². The van der Waals surface area contributed by atoms with Gasteiger partial charge in [-0.05, 0) is 56.4 Å². The van der Waals surface area contributed by atoms with Crippen LogP contribution in [0.2, 0.25) is 0 Å². The van der Waals surface area contributed by atoms with E-state index in [0.717, 1.165) is 84.3 Å². The molecule has 4 heterocycles. The first-order chi connectivity index (χ1) is 17.5. The molecule has 2 atom stereocenters. The van der Waals surface area contributed by atoms with Crippen LogP contribution in [0.25, 0.3) is 0 Å². The van der Waals surface area contributed by atoms with Crippen molar-refractivity contribution in [1.82, 2.24) is 24.7 Å². The second-order valence-corrected chi connectivity index (χ2v) is 10.6. The zero-order valence-corrected chi connectivity index (χ0v) is 21.0. The summed E-state index contributed by atoms with van der Waals surface area (Å²) in [4.78, 5) is 50.2. The van der Waals surface area contributed by atoms with Gasteiger partial charge in [-0.1, -0.05) is 6.92 Å². The summed E-state index contributed by atoms with van der Waals surface area (Å²) in [5.74, 6) is -1.92. The Hall–Kier alpha value is -2.76. The molecule has 0 bridgehead atoms. The maximum Gasteiger partial charge on any atom is 0.490 e. The van der Waals surface area contributed by atoms with Gasteiger partial charge in [0.05, 0.1) is 11.6 Å². The minimum atomic E-state index is -5.08. The van der Waals surface area contributed by atoms with E-state index in [2.05, 4.69) is 26.7 Å². The predicted octanol–water partition coefficient (Wildman–Crippen LogP) is 2.69. The molecule has 12 heteroatoms. The summed E-state index contributed by atoms with van der Waals surface area (Å²) < 4.78 is 31.7. The molecule has 3 saturated heterocycles. The first-order valence-corrected chi connectivity index (χ1v) is 12.9. The molecule has 0 unspecified atom stereocenters. The smallest absolute Gasteiger partial charge is 0.475 e. The number of halogens is 3. The van der Waals surface area contributed by atoms with Crippen molar-refractivity contribution in [2.45, 2.75) is 51.6 Å². The van der Waals surface area contributed by atoms with Crippen LogP contribution in [0.1, 0.15) is 55.9 Å². The molecule has 0 radical (unpaired) electrons. The molecule has 2 amide bonds. The Bertz CT molecular complexity index is 994. The molecule has 1 saturated carbocycles. The van der Waals surface area contributed by atoms with Crippen LogP contribution in [-0.4, -0.2) is 99.5 Å². The second kappa shape index (κ2) is 10.5. The number of carboxylic acids is 1. The van der Waals surface area contributed by atoms with Crippen molar-refractivity contribution in [3.63, 3.8) is 0 Å². The van der Waals surface area contributed by atoms with Crippen molar-refractivity contribution in [3.8, 4) is 0 Å². The van der Waals surface area contributed by atoms with Gasteiger partial charge < -0.3 is 19.8 Å². The predicted molar refractivity (Wildman–Crippen MR) is 126 cm³/mol. The number of hydrogen-bond donors (Lipinski definition) is 1. The number of alkyl halides is 3. The van der Waals surface area contributed by atoms with Gasteiger partial charge in [0.1, 0.15) is 5.69 Å². The third-order valence-electron chi connectivity index (χ3n) is 8.76. The third kappa shape index (κ3) is 5.30. The largest absolute Gasteiger partial charge is 0.490 e. The molecule has 1 spiro atoms. The third-order valence-corrected chi connectivity index (χ3v) is 8.76. The average molecular weight is 526 g/mol. The molecular formula is C25H34F3N5O4. The van der Waals surface area contributed by atoms with E-state index >= 15 is 0 Å². The van der Waals surface area contributed by atoms with Gasteiger partial charge in [-0.25, -0.2) is 9.78 Å². The van der Waals surface area contributed by atoms with Gasteiger partial charge in [0.2, 0.25) is 5.91 Å². The van der Waals surface area contributed by atoms with Crippen molar-refractivity contribution >= 4 is 17.8 Å². The summed E-state index contributed by atoms with van der Waals surface area (Å²) in [6, 6.07) is 0. The summed E-state index contributed by atoms with van der Waals surface area (Å²) in [7, 11) is 0. The number of aromatic nitrogens is 2. The van der Waals surface area contributed by atoms with Crippen LogP contribution < -0.4 is 0 Å². The second-order valence-electron chi connectivity index (χ2n) is 10.6. The lowest BCUT2D eigenvalue weighted by Crippen LogP contribution is -2.50. The molecule has 1 N–H and O–H groups in total. The SMILES string of the molecule is CCN1C[C@H]2C3(CCN(C(=O)c4cnccn4)CC3)CC[C@@]2(C(=O)N2CCCC2)C1.O=C(O)C(F)(F)F. The Morgan fingerprint density at radius 3 is 2.22 bits per heavy atom. The van der Waals surface area contributed by atoms with Crippen LogP contribution in [-0.2, 0) is 9.59 Å². The fourth-order valence-corrected chi connectivity index (χ4v) is 6.81. The molecule has 5 rings (SSSR count). The van der Waals surface area contributed by atoms with E-state index in [1.807, 2.05) is 4.90 Å². The number of hydrogen-bond acceptors (Lipinski definition) is 6. The molecule has 9 nitrogen and oxygen atoms in total. The number of likely N-dealkylation sites (tertiary alicyclic amines) is 3. The molecule has 4 aliphatic rings. The minimum absolute atomic E-state index is 0.0167. The van der Waals surface area contributed by atoms with Gasteiger partial charge in [0.25, 0.3) is 5.91 Å². The van der Waals surface area contributed by atoms with E-state index in [9.17, 15) is 22.8 Å². The molecule has 1 aromatic heterocycles. The number of carbonyl (C=O) groups excluding carboxylic acids is 2. The van der Waals surface area contributed by atoms with E-state index in [1.165, 1.54) is 0 Å². The lowest BCUT2D eigenvalue weighted by atomic mass is 9.65. The minimum Gasteiger partial charge on any atom is -0.475 e. The highest BCUT2D eigenvalue weighted by Crippen LogP contribution is 2.62. The number of rotatable bonds is 3. The van der Waals surface area contributed by atoms with Gasteiger partial charge >= 0.3 is 12.1 Å². The van der Waals surface area contributed by atoms with Crippen LogP contribution in [0.4, 0.5) is 13.2 Å². The average Bonchev–Trinajstić information content (AvgIpc) is 3.62. The van der Waals surface area contributed by atoms with Gasteiger partial charge in [-0.3, -0.25) is 14.6 Å².